The van der Waals surface area contributed by atoms with Crippen molar-refractivity contribution < 1.29 is 95.9 Å². The number of rotatable bonds is 19. The number of benzene rings is 6. The number of aromatic amines is 2. The van der Waals surface area contributed by atoms with Crippen LogP contribution in [-0.2, 0) is 78.3 Å². The molecule has 0 aliphatic carbocycles. The van der Waals surface area contributed by atoms with Crippen LogP contribution in [0.1, 0.15) is 180 Å². The number of ether oxygens (including phenoxy) is 10. The number of carboxylic acids is 1. The minimum atomic E-state index is -1.34. The highest BCUT2D eigenvalue weighted by molar-refractivity contribution is 6.08. The first kappa shape index (κ1) is 92.0. The predicted molar refractivity (Wildman–Crippen MR) is 478 cm³/mol. The normalized spacial score (nSPS) is 21.4. The molecule has 14 atom stereocenters. The molecule has 0 radical (unpaired) electrons. The molecule has 4 fully saturated rings. The number of carbonyl (C=O) groups is 8. The van der Waals surface area contributed by atoms with Gasteiger partial charge in [0.1, 0.15) is 65.8 Å². The first-order valence-corrected chi connectivity index (χ1v) is 43.6. The van der Waals surface area contributed by atoms with E-state index in [9.17, 15) is 38.4 Å². The van der Waals surface area contributed by atoms with Crippen molar-refractivity contribution in [2.75, 3.05) is 49.3 Å². The van der Waals surface area contributed by atoms with Crippen LogP contribution in [0.5, 0.6) is 11.5 Å². The highest BCUT2D eigenvalue weighted by Crippen LogP contribution is 2.49. The van der Waals surface area contributed by atoms with Gasteiger partial charge in [-0.25, -0.2) is 38.7 Å². The van der Waals surface area contributed by atoms with E-state index in [2.05, 4.69) is 123 Å². The monoisotopic (exact) mass is 1760 g/mol. The minimum Gasteiger partial charge on any atom is -0.488 e. The summed E-state index contributed by atoms with van der Waals surface area (Å²) in [5.74, 6) is 1.32. The third kappa shape index (κ3) is 19.0. The van der Waals surface area contributed by atoms with Gasteiger partial charge in [-0.15, -0.1) is 0 Å². The third-order valence-corrected chi connectivity index (χ3v) is 25.5. The van der Waals surface area contributed by atoms with E-state index in [-0.39, 0.29) is 72.3 Å². The molecule has 7 N–H and O–H groups in total. The van der Waals surface area contributed by atoms with E-state index in [1.165, 1.54) is 41.1 Å². The quantitative estimate of drug-likeness (QED) is 0.0370. The molecule has 0 saturated carbocycles. The van der Waals surface area contributed by atoms with Gasteiger partial charge in [0.15, 0.2) is 6.04 Å². The van der Waals surface area contributed by atoms with Crippen LogP contribution in [0.25, 0.3) is 66.3 Å². The van der Waals surface area contributed by atoms with Crippen LogP contribution in [0.15, 0.2) is 107 Å². The number of hydrogen-bond donors (Lipinski definition) is 7. The molecule has 33 heteroatoms. The Kier molecular flexibility index (Phi) is 27.3. The van der Waals surface area contributed by atoms with Gasteiger partial charge in [0.2, 0.25) is 11.8 Å². The van der Waals surface area contributed by atoms with E-state index in [0.717, 1.165) is 175 Å². The van der Waals surface area contributed by atoms with Gasteiger partial charge in [0.25, 0.3) is 0 Å². The van der Waals surface area contributed by atoms with E-state index < -0.39 is 78.5 Å². The van der Waals surface area contributed by atoms with Gasteiger partial charge in [-0.05, 0) is 249 Å². The number of imidazole rings is 2. The lowest BCUT2D eigenvalue weighted by Gasteiger charge is -2.34. The average Bonchev–Trinajstić information content (AvgIpc) is 1.32. The largest absolute Gasteiger partial charge is 0.488 e. The zero-order valence-electron chi connectivity index (χ0n) is 75.8. The number of aliphatic carboxylic acids is 1. The molecule has 8 aromatic rings. The number of H-pyrrole nitrogens is 2. The highest BCUT2D eigenvalue weighted by Gasteiger charge is 2.47. The number of aliphatic hydroxyl groups is 1. The SMILES string of the molecule is COC(=O)NC(C(=O)O)[C@@H](CO)OC.COC(=O)N[C@H](C(=O)N1[C@@H](C)CC[C@H]1C1=Nc2ccc3cc4c(cc3c2C1)OCc1cc(-c2cnc([C@@H]3CC[C@H](C)N3C(=O)[C@@H](NC(=O)OC)[C@@H](C)OC)[nH]2)ccc1-4)[C@@H](C)OC.C[C@H]1CC[C@@H](C2=Nc3ccc4cc5c(cc4c3C2)OCc2cc(-c3cnc([C@@H]4CC[C@H](C)N4C(=O)OC(C)(C)C)[nH]3)ccc2-5)N1C(=O)OC(C)(C)C. The Morgan fingerprint density at radius 2 is 0.852 bits per heavy atom. The maximum atomic E-state index is 14.1. The van der Waals surface area contributed by atoms with Crippen molar-refractivity contribution >= 4 is 92.6 Å². The van der Waals surface area contributed by atoms with Gasteiger partial charge in [-0.2, -0.15) is 0 Å². The van der Waals surface area contributed by atoms with Gasteiger partial charge in [-0.3, -0.25) is 29.4 Å². The van der Waals surface area contributed by atoms with Crippen LogP contribution in [0, 0.1) is 0 Å². The molecule has 10 heterocycles. The smallest absolute Gasteiger partial charge is 0.411 e. The lowest BCUT2D eigenvalue weighted by molar-refractivity contribution is -0.144. The average molecular weight is 1760 g/mol. The van der Waals surface area contributed by atoms with Crippen molar-refractivity contribution in [1.82, 2.24) is 55.5 Å². The molecule has 8 aliphatic heterocycles. The molecule has 6 aromatic carbocycles. The number of amides is 7. The van der Waals surface area contributed by atoms with Gasteiger partial charge < -0.3 is 93.3 Å². The third-order valence-electron chi connectivity index (χ3n) is 25.5. The van der Waals surface area contributed by atoms with Crippen LogP contribution >= 0.6 is 0 Å². The van der Waals surface area contributed by atoms with E-state index in [1.54, 1.807) is 24.9 Å². The van der Waals surface area contributed by atoms with Crippen LogP contribution in [-0.4, -0.2) is 243 Å². The summed E-state index contributed by atoms with van der Waals surface area (Å²) in [5, 5.41) is 29.2. The summed E-state index contributed by atoms with van der Waals surface area (Å²) >= 11 is 0. The van der Waals surface area contributed by atoms with Gasteiger partial charge in [0, 0.05) is 80.9 Å². The standard InChI is InChI=1S/C46H55N7O9.C42H49N5O5.C7H13NO6/c1-23-9-15-37(52(23)43(54)40(25(3)58-5)50-45(56)60-7)35-19-32-31-20-39-33(18-27(31)12-14-34(32)48-35)30-13-11-28(17-29(30)22-62-39)36-21-47-42(49-36)38-16-10-24(2)53(38)44(55)41(26(4)59-6)51-46(57)61-8;1-23-9-15-35(46(23)39(48)51-41(3,4)5)33-19-30-29-20-37-31(18-25(29)12-14-32(30)44-33)28-13-11-26(17-27(28)22-50-37)34-21-43-38(45-34)36-16-10-24(2)47(36)40(49)52-42(6,7)8;1-13-4(3-9)5(6(10)11)8-7(12)14-2/h11-14,17-18,20-21,23-26,37-38,40-41H,9-10,15-16,19,22H2,1-8H3,(H,47,49)(H,50,56)(H,51,57);11-14,17-18,20-21,23-24,35-36H,9-10,15-16,19,22H2,1-8H3,(H,43,45);4-5,9H,3H2,1-2H3,(H,8,12)(H,10,11)/t23-,24-,25+,26+,37-,38-,40-,41-;23-,24-,35-,36-;4-,5?/m001/s1. The molecular formula is C95H117N13O20. The number of aromatic nitrogens is 4. The van der Waals surface area contributed by atoms with Crippen molar-refractivity contribution in [3.63, 3.8) is 0 Å². The number of hydrogen-bond acceptors (Lipinski definition) is 23. The fourth-order valence-electron chi connectivity index (χ4n) is 18.7. The molecule has 0 spiro atoms. The molecule has 2 aromatic heterocycles. The summed E-state index contributed by atoms with van der Waals surface area (Å²) in [6.07, 6.45) is 6.56. The Morgan fingerprint density at radius 1 is 0.477 bits per heavy atom. The Labute approximate surface area is 743 Å². The number of alkyl carbamates (subject to hydrolysis) is 3. The Morgan fingerprint density at radius 3 is 1.23 bits per heavy atom. The number of likely N-dealkylation sites (tertiary alicyclic amines) is 4. The van der Waals surface area contributed by atoms with Crippen LogP contribution in [0.3, 0.4) is 0 Å². The minimum absolute atomic E-state index is 0.0448. The molecule has 0 bridgehead atoms. The van der Waals surface area contributed by atoms with Gasteiger partial charge in [0.05, 0.1) is 99.5 Å². The van der Waals surface area contributed by atoms with Crippen LogP contribution in [0.4, 0.5) is 35.3 Å². The summed E-state index contributed by atoms with van der Waals surface area (Å²) < 4.78 is 53.9. The lowest BCUT2D eigenvalue weighted by Crippen LogP contribution is -2.57. The van der Waals surface area contributed by atoms with Crippen molar-refractivity contribution in [2.45, 2.75) is 256 Å². The first-order valence-electron chi connectivity index (χ1n) is 43.6. The lowest BCUT2D eigenvalue weighted by atomic mass is 9.91. The number of nitrogens with one attached hydrogen (secondary N) is 5. The van der Waals surface area contributed by atoms with Crippen LogP contribution < -0.4 is 25.4 Å². The summed E-state index contributed by atoms with van der Waals surface area (Å²) in [4.78, 5) is 134. The Balaban J connectivity index is 0.000000182. The van der Waals surface area contributed by atoms with Gasteiger partial charge in [-0.1, -0.05) is 36.4 Å². The Hall–Kier alpha value is -12.2. The van der Waals surface area contributed by atoms with Crippen molar-refractivity contribution in [1.29, 1.82) is 0 Å². The fraction of sp³-hybridized carbons (Fsp3) is 0.495. The van der Waals surface area contributed by atoms with E-state index in [4.69, 9.17) is 68.1 Å². The molecule has 1 unspecified atom stereocenters. The van der Waals surface area contributed by atoms with Gasteiger partial charge >= 0.3 is 36.4 Å². The van der Waals surface area contributed by atoms with E-state index >= 15 is 0 Å². The number of aliphatic imine (C=N–C) groups is 2. The summed E-state index contributed by atoms with van der Waals surface area (Å²) in [5.41, 5.74) is 15.1. The maximum absolute atomic E-state index is 14.1. The zero-order chi connectivity index (χ0) is 91.8. The van der Waals surface area contributed by atoms with Crippen LogP contribution in [0.2, 0.25) is 0 Å². The highest BCUT2D eigenvalue weighted by atomic mass is 16.6. The molecule has 8 aliphatic rings. The number of aliphatic hydroxyl groups excluding tert-OH is 1. The summed E-state index contributed by atoms with van der Waals surface area (Å²) in [7, 11) is 7.89. The second-order valence-electron chi connectivity index (χ2n) is 36.1. The van der Waals surface area contributed by atoms with E-state index in [1.807, 2.05) is 87.7 Å². The van der Waals surface area contributed by atoms with Crippen molar-refractivity contribution in [3.05, 3.63) is 131 Å². The van der Waals surface area contributed by atoms with E-state index in [0.29, 0.717) is 38.3 Å². The van der Waals surface area contributed by atoms with Crippen molar-refractivity contribution in [2.24, 2.45) is 9.98 Å². The summed E-state index contributed by atoms with van der Waals surface area (Å²) in [6.45, 7) is 23.4. The molecule has 128 heavy (non-hydrogen) atoms. The predicted octanol–water partition coefficient (Wildman–Crippen LogP) is 14.8. The second kappa shape index (κ2) is 38.0. The second-order valence-corrected chi connectivity index (χ2v) is 36.1. The van der Waals surface area contributed by atoms with Crippen molar-refractivity contribution in [3.8, 4) is 56.3 Å². The Bertz CT molecular complexity index is 5630. The number of nitrogens with zero attached hydrogens (tertiary/aromatic N) is 8. The number of carboxylic acid groups (broad SMARTS) is 1. The summed E-state index contributed by atoms with van der Waals surface area (Å²) in [6, 6.07) is 26.0. The number of carbonyl (C=O) groups excluding carboxylic acids is 7. The number of methoxy groups -OCH3 is 6. The number of fused-ring (bicyclic) bond motifs is 12. The first-order chi connectivity index (χ1) is 61.0. The molecule has 4 saturated heterocycles. The zero-order valence-corrected chi connectivity index (χ0v) is 75.8. The topological polar surface area (TPSA) is 400 Å². The molecule has 16 rings (SSSR count). The molecule has 7 amide bonds. The molecule has 33 nitrogen and oxygen atoms in total. The molecular weight excluding hydrogens is 1640 g/mol. The fourth-order valence-corrected chi connectivity index (χ4v) is 18.7. The maximum Gasteiger partial charge on any atom is 0.411 e. The molecule has 682 valence electrons.